The van der Waals surface area contributed by atoms with Crippen molar-refractivity contribution in [2.45, 2.75) is 18.0 Å². The lowest BCUT2D eigenvalue weighted by Gasteiger charge is -2.12. The van der Waals surface area contributed by atoms with Gasteiger partial charge in [-0.3, -0.25) is 0 Å². The molecule has 1 aromatic carbocycles. The molecule has 90 valence electrons. The van der Waals surface area contributed by atoms with E-state index in [1.807, 2.05) is 0 Å². The highest BCUT2D eigenvalue weighted by Gasteiger charge is 2.37. The summed E-state index contributed by atoms with van der Waals surface area (Å²) >= 11 is 0. The minimum Gasteiger partial charge on any atom is -0.224 e. The highest BCUT2D eigenvalue weighted by Crippen LogP contribution is 2.34. The molecule has 0 amide bonds. The van der Waals surface area contributed by atoms with Crippen LogP contribution in [-0.4, -0.2) is 14.2 Å². The van der Waals surface area contributed by atoms with Crippen LogP contribution in [0.25, 0.3) is 0 Å². The third-order valence-electron chi connectivity index (χ3n) is 1.96. The van der Waals surface area contributed by atoms with Crippen molar-refractivity contribution in [3.8, 4) is 0 Å². The molecule has 0 aromatic heterocycles. The smallest absolute Gasteiger partial charge is 0.224 e. The lowest BCUT2D eigenvalue weighted by molar-refractivity contribution is -0.140. The van der Waals surface area contributed by atoms with Crippen molar-refractivity contribution < 1.29 is 26.0 Å². The molecule has 0 aliphatic heterocycles. The van der Waals surface area contributed by atoms with Crippen LogP contribution in [0.3, 0.4) is 0 Å². The molecule has 0 heterocycles. The molecule has 7 heteroatoms. The Morgan fingerprint density at radius 1 is 1.25 bits per heavy atom. The summed E-state index contributed by atoms with van der Waals surface area (Å²) in [4.78, 5) is -0.885. The van der Waals surface area contributed by atoms with E-state index >= 15 is 0 Å². The SMILES string of the molecule is CCS(=O)(=O)c1ccc(F)cc1C(F)(F)F. The van der Waals surface area contributed by atoms with Crippen molar-refractivity contribution in [3.63, 3.8) is 0 Å². The van der Waals surface area contributed by atoms with Gasteiger partial charge in [0.15, 0.2) is 9.84 Å². The molecule has 1 aromatic rings. The monoisotopic (exact) mass is 256 g/mol. The zero-order valence-corrected chi connectivity index (χ0v) is 8.99. The fraction of sp³-hybridized carbons (Fsp3) is 0.333. The van der Waals surface area contributed by atoms with Crippen LogP contribution in [0.1, 0.15) is 12.5 Å². The second-order valence-electron chi connectivity index (χ2n) is 3.04. The zero-order chi connectivity index (χ0) is 12.6. The number of halogens is 4. The number of hydrogen-bond acceptors (Lipinski definition) is 2. The first-order valence-corrected chi connectivity index (χ1v) is 5.93. The Labute approximate surface area is 89.8 Å². The first kappa shape index (κ1) is 13.0. The summed E-state index contributed by atoms with van der Waals surface area (Å²) in [6.07, 6.45) is -4.89. The van der Waals surface area contributed by atoms with E-state index in [0.29, 0.717) is 12.1 Å². The van der Waals surface area contributed by atoms with Gasteiger partial charge in [0.05, 0.1) is 16.2 Å². The summed E-state index contributed by atoms with van der Waals surface area (Å²) in [6.45, 7) is 1.22. The molecule has 0 N–H and O–H groups in total. The van der Waals surface area contributed by atoms with Crippen LogP contribution < -0.4 is 0 Å². The summed E-state index contributed by atoms with van der Waals surface area (Å²) in [5.74, 6) is -1.59. The first-order chi connectivity index (χ1) is 7.18. The Kier molecular flexibility index (Phi) is 3.27. The van der Waals surface area contributed by atoms with Gasteiger partial charge in [0.2, 0.25) is 0 Å². The van der Waals surface area contributed by atoms with Crippen LogP contribution in [0, 0.1) is 5.82 Å². The van der Waals surface area contributed by atoms with E-state index in [9.17, 15) is 26.0 Å². The van der Waals surface area contributed by atoms with Crippen molar-refractivity contribution in [1.29, 1.82) is 0 Å². The second kappa shape index (κ2) is 4.04. The lowest BCUT2D eigenvalue weighted by atomic mass is 10.2. The number of rotatable bonds is 2. The molecule has 0 saturated carbocycles. The molecule has 0 radical (unpaired) electrons. The standard InChI is InChI=1S/C9H8F4O2S/c1-2-16(14,15)8-4-3-6(10)5-7(8)9(11,12)13/h3-5H,2H2,1H3. The van der Waals surface area contributed by atoms with Gasteiger partial charge in [-0.15, -0.1) is 0 Å². The Morgan fingerprint density at radius 3 is 2.25 bits per heavy atom. The molecule has 0 atom stereocenters. The number of hydrogen-bond donors (Lipinski definition) is 0. The maximum Gasteiger partial charge on any atom is 0.417 e. The first-order valence-electron chi connectivity index (χ1n) is 4.28. The van der Waals surface area contributed by atoms with Crippen molar-refractivity contribution in [2.24, 2.45) is 0 Å². The predicted octanol–water partition coefficient (Wildman–Crippen LogP) is 2.64. The van der Waals surface area contributed by atoms with E-state index in [0.717, 1.165) is 0 Å². The van der Waals surface area contributed by atoms with Gasteiger partial charge in [-0.2, -0.15) is 13.2 Å². The van der Waals surface area contributed by atoms with E-state index in [4.69, 9.17) is 0 Å². The van der Waals surface area contributed by atoms with Crippen molar-refractivity contribution in [1.82, 2.24) is 0 Å². The van der Waals surface area contributed by atoms with Crippen molar-refractivity contribution in [2.75, 3.05) is 5.75 Å². The summed E-state index contributed by atoms with van der Waals surface area (Å²) in [5, 5.41) is 0. The van der Waals surface area contributed by atoms with Gasteiger partial charge < -0.3 is 0 Å². The molecule has 2 nitrogen and oxygen atoms in total. The average Bonchev–Trinajstić information content (AvgIpc) is 2.16. The lowest BCUT2D eigenvalue weighted by Crippen LogP contribution is -2.14. The van der Waals surface area contributed by atoms with E-state index in [1.54, 1.807) is 0 Å². The zero-order valence-electron chi connectivity index (χ0n) is 8.18. The van der Waals surface area contributed by atoms with Gasteiger partial charge in [0.1, 0.15) is 5.82 Å². The maximum atomic E-state index is 12.7. The highest BCUT2D eigenvalue weighted by atomic mass is 32.2. The molecular weight excluding hydrogens is 248 g/mol. The quantitative estimate of drug-likeness (QED) is 0.602. The third-order valence-corrected chi connectivity index (χ3v) is 3.75. The fourth-order valence-electron chi connectivity index (χ4n) is 1.15. The number of sulfone groups is 1. The van der Waals surface area contributed by atoms with Crippen molar-refractivity contribution in [3.05, 3.63) is 29.6 Å². The number of benzene rings is 1. The largest absolute Gasteiger partial charge is 0.417 e. The molecule has 0 aliphatic carbocycles. The van der Waals surface area contributed by atoms with E-state index in [2.05, 4.69) is 0 Å². The minimum atomic E-state index is -4.89. The van der Waals surface area contributed by atoms with Crippen LogP contribution in [0.4, 0.5) is 17.6 Å². The van der Waals surface area contributed by atoms with Gasteiger partial charge in [0, 0.05) is 0 Å². The summed E-state index contributed by atoms with van der Waals surface area (Å²) in [6, 6.07) is 1.51. The van der Waals surface area contributed by atoms with Crippen LogP contribution in [0.5, 0.6) is 0 Å². The molecule has 16 heavy (non-hydrogen) atoms. The highest BCUT2D eigenvalue weighted by molar-refractivity contribution is 7.91. The molecule has 0 aliphatic rings. The van der Waals surface area contributed by atoms with Gasteiger partial charge in [-0.05, 0) is 18.2 Å². The predicted molar refractivity (Wildman–Crippen MR) is 49.1 cm³/mol. The van der Waals surface area contributed by atoms with Gasteiger partial charge in [0.25, 0.3) is 0 Å². The van der Waals surface area contributed by atoms with E-state index in [1.165, 1.54) is 6.92 Å². The molecule has 0 saturated heterocycles. The molecular formula is C9H8F4O2S. The molecule has 0 bridgehead atoms. The van der Waals surface area contributed by atoms with Gasteiger partial charge >= 0.3 is 6.18 Å². The molecule has 0 spiro atoms. The summed E-state index contributed by atoms with van der Waals surface area (Å²) < 4.78 is 72.8. The Hall–Kier alpha value is -1.11. The average molecular weight is 256 g/mol. The van der Waals surface area contributed by atoms with Crippen LogP contribution in [0.15, 0.2) is 23.1 Å². The molecule has 1 rings (SSSR count). The summed E-state index contributed by atoms with van der Waals surface area (Å²) in [5.41, 5.74) is -1.46. The van der Waals surface area contributed by atoms with E-state index in [-0.39, 0.29) is 6.07 Å². The topological polar surface area (TPSA) is 34.1 Å². The third kappa shape index (κ3) is 2.52. The van der Waals surface area contributed by atoms with Gasteiger partial charge in [-0.1, -0.05) is 6.92 Å². The van der Waals surface area contributed by atoms with Crippen molar-refractivity contribution >= 4 is 9.84 Å². The Bertz CT molecular complexity index is 491. The Morgan fingerprint density at radius 2 is 1.81 bits per heavy atom. The Balaban J connectivity index is 3.53. The van der Waals surface area contributed by atoms with Crippen LogP contribution in [0.2, 0.25) is 0 Å². The number of alkyl halides is 3. The van der Waals surface area contributed by atoms with Crippen LogP contribution >= 0.6 is 0 Å². The van der Waals surface area contributed by atoms with Crippen LogP contribution in [-0.2, 0) is 16.0 Å². The summed E-state index contributed by atoms with van der Waals surface area (Å²) in [7, 11) is -4.02. The molecule has 0 unspecified atom stereocenters. The maximum absolute atomic E-state index is 12.7. The fourth-order valence-corrected chi connectivity index (χ4v) is 2.25. The second-order valence-corrected chi connectivity index (χ2v) is 5.29. The van der Waals surface area contributed by atoms with Gasteiger partial charge in [-0.25, -0.2) is 12.8 Å². The van der Waals surface area contributed by atoms with E-state index < -0.39 is 38.0 Å². The molecule has 0 fully saturated rings. The normalized spacial score (nSPS) is 12.8. The minimum absolute atomic E-state index is 0.183.